The van der Waals surface area contributed by atoms with Crippen molar-refractivity contribution < 1.29 is 28.7 Å². The second-order valence-corrected chi connectivity index (χ2v) is 14.4. The van der Waals surface area contributed by atoms with Gasteiger partial charge in [0.05, 0.1) is 44.0 Å². The summed E-state index contributed by atoms with van der Waals surface area (Å²) in [5, 5.41) is 5.37. The molecule has 7 rings (SSSR count). The van der Waals surface area contributed by atoms with Gasteiger partial charge in [-0.1, -0.05) is 105 Å². The number of hydrogen-bond donors (Lipinski definition) is 4. The summed E-state index contributed by atoms with van der Waals surface area (Å²) in [5.41, 5.74) is 6.32. The Labute approximate surface area is 330 Å². The molecular weight excluding hydrogens is 725 g/mol. The number of carbonyl (C=O) groups is 4. The van der Waals surface area contributed by atoms with Crippen molar-refractivity contribution in [1.29, 1.82) is 0 Å². The number of benzene rings is 3. The highest BCUT2D eigenvalue weighted by molar-refractivity contribution is 5.88. The molecular formula is C43H46N8O6. The van der Waals surface area contributed by atoms with Crippen molar-refractivity contribution >= 4 is 24.0 Å². The lowest BCUT2D eigenvalue weighted by atomic mass is 10.0. The SMILES string of the molecule is COC(=O)NC(C(=O)N1CCC[C@H]1c1ncc(-c2ccc(-c3ccc(-c4cnc(C5C=CCN5C(=O)[C@@H](NC(=O)OC)C(C)C)[nH]4)cc3)cc2)[nH]1)c1ccccc1. The van der Waals surface area contributed by atoms with Gasteiger partial charge in [-0.25, -0.2) is 19.6 Å². The van der Waals surface area contributed by atoms with E-state index in [1.165, 1.54) is 14.2 Å². The van der Waals surface area contributed by atoms with Crippen LogP contribution in [-0.4, -0.2) is 87.1 Å². The lowest BCUT2D eigenvalue weighted by molar-refractivity contribution is -0.135. The van der Waals surface area contributed by atoms with Gasteiger partial charge in [0.2, 0.25) is 5.91 Å². The molecule has 4 amide bonds. The van der Waals surface area contributed by atoms with Gasteiger partial charge in [0, 0.05) is 13.1 Å². The molecule has 1 saturated heterocycles. The number of aromatic amines is 2. The number of alkyl carbamates (subject to hydrolysis) is 2. The minimum Gasteiger partial charge on any atom is -0.453 e. The molecule has 0 bridgehead atoms. The number of hydrogen-bond acceptors (Lipinski definition) is 8. The third kappa shape index (κ3) is 8.30. The fourth-order valence-corrected chi connectivity index (χ4v) is 7.43. The Balaban J connectivity index is 1.01. The van der Waals surface area contributed by atoms with Crippen molar-refractivity contribution in [2.75, 3.05) is 27.3 Å². The van der Waals surface area contributed by atoms with Gasteiger partial charge < -0.3 is 39.9 Å². The summed E-state index contributed by atoms with van der Waals surface area (Å²) < 4.78 is 9.56. The number of nitrogens with zero attached hydrogens (tertiary/aromatic N) is 4. The Morgan fingerprint density at radius 1 is 0.719 bits per heavy atom. The summed E-state index contributed by atoms with van der Waals surface area (Å²) in [4.78, 5) is 71.1. The Bertz CT molecular complexity index is 2230. The van der Waals surface area contributed by atoms with Crippen LogP contribution in [0.1, 0.15) is 62.0 Å². The highest BCUT2D eigenvalue weighted by Gasteiger charge is 2.38. The van der Waals surface area contributed by atoms with Crippen LogP contribution in [0.25, 0.3) is 33.6 Å². The third-order valence-electron chi connectivity index (χ3n) is 10.5. The van der Waals surface area contributed by atoms with Crippen LogP contribution in [0.2, 0.25) is 0 Å². The van der Waals surface area contributed by atoms with Gasteiger partial charge >= 0.3 is 12.2 Å². The Hall–Kier alpha value is -6.70. The van der Waals surface area contributed by atoms with Crippen LogP contribution in [0.3, 0.4) is 0 Å². The minimum absolute atomic E-state index is 0.135. The summed E-state index contributed by atoms with van der Waals surface area (Å²) in [6.45, 7) is 4.72. The Morgan fingerprint density at radius 3 is 1.88 bits per heavy atom. The Kier molecular flexibility index (Phi) is 11.5. The predicted octanol–water partition coefficient (Wildman–Crippen LogP) is 6.71. The van der Waals surface area contributed by atoms with E-state index in [1.807, 2.05) is 80.6 Å². The minimum atomic E-state index is -0.883. The summed E-state index contributed by atoms with van der Waals surface area (Å²) >= 11 is 0. The number of carbonyl (C=O) groups excluding carboxylic acids is 4. The fourth-order valence-electron chi connectivity index (χ4n) is 7.43. The van der Waals surface area contributed by atoms with Gasteiger partial charge in [-0.3, -0.25) is 9.59 Å². The topological polar surface area (TPSA) is 175 Å². The molecule has 2 aliphatic heterocycles. The lowest BCUT2D eigenvalue weighted by Gasteiger charge is -2.29. The number of imidazole rings is 2. The maximum Gasteiger partial charge on any atom is 0.407 e. The highest BCUT2D eigenvalue weighted by atomic mass is 16.5. The van der Waals surface area contributed by atoms with E-state index in [1.54, 1.807) is 22.2 Å². The first-order valence-electron chi connectivity index (χ1n) is 19.0. The van der Waals surface area contributed by atoms with Gasteiger partial charge in [0.25, 0.3) is 5.91 Å². The van der Waals surface area contributed by atoms with Gasteiger partial charge in [0.1, 0.15) is 29.8 Å². The molecule has 14 heteroatoms. The van der Waals surface area contributed by atoms with E-state index in [4.69, 9.17) is 14.5 Å². The lowest BCUT2D eigenvalue weighted by Crippen LogP contribution is -2.51. The zero-order chi connectivity index (χ0) is 40.1. The number of rotatable bonds is 11. The molecule has 2 aromatic heterocycles. The molecule has 1 fully saturated rings. The molecule has 294 valence electrons. The van der Waals surface area contributed by atoms with Crippen LogP contribution >= 0.6 is 0 Å². The molecule has 4 N–H and O–H groups in total. The van der Waals surface area contributed by atoms with E-state index in [9.17, 15) is 19.2 Å². The summed E-state index contributed by atoms with van der Waals surface area (Å²) in [6.07, 6.45) is 7.66. The molecule has 4 atom stereocenters. The van der Waals surface area contributed by atoms with Crippen LogP contribution in [0.4, 0.5) is 9.59 Å². The first-order valence-corrected chi connectivity index (χ1v) is 19.0. The average molecular weight is 771 g/mol. The number of H-pyrrole nitrogens is 2. The van der Waals surface area contributed by atoms with Crippen molar-refractivity contribution in [3.8, 4) is 33.6 Å². The number of aromatic nitrogens is 4. The predicted molar refractivity (Wildman–Crippen MR) is 213 cm³/mol. The summed E-state index contributed by atoms with van der Waals surface area (Å²) in [5.74, 6) is 0.770. The summed E-state index contributed by atoms with van der Waals surface area (Å²) in [7, 11) is 2.55. The first kappa shape index (κ1) is 38.6. The molecule has 0 saturated carbocycles. The van der Waals surface area contributed by atoms with Gasteiger partial charge in [-0.15, -0.1) is 0 Å². The fraction of sp³-hybridized carbons (Fsp3) is 0.302. The quantitative estimate of drug-likeness (QED) is 0.107. The maximum atomic E-state index is 13.9. The number of ether oxygens (including phenoxy) is 2. The summed E-state index contributed by atoms with van der Waals surface area (Å²) in [6, 6.07) is 23.3. The molecule has 5 aromatic rings. The maximum absolute atomic E-state index is 13.9. The van der Waals surface area contributed by atoms with Crippen LogP contribution in [-0.2, 0) is 19.1 Å². The molecule has 57 heavy (non-hydrogen) atoms. The Morgan fingerprint density at radius 2 is 1.28 bits per heavy atom. The molecule has 0 aliphatic carbocycles. The number of amides is 4. The molecule has 14 nitrogen and oxygen atoms in total. The average Bonchev–Trinajstić information content (AvgIpc) is 4.09. The molecule has 2 unspecified atom stereocenters. The zero-order valence-corrected chi connectivity index (χ0v) is 32.3. The van der Waals surface area contributed by atoms with Gasteiger partial charge in [0.15, 0.2) is 0 Å². The number of methoxy groups -OCH3 is 2. The molecule has 3 aromatic carbocycles. The molecule has 4 heterocycles. The van der Waals surface area contributed by atoms with Crippen LogP contribution in [0, 0.1) is 5.92 Å². The second kappa shape index (κ2) is 17.0. The van der Waals surface area contributed by atoms with E-state index >= 15 is 0 Å². The highest BCUT2D eigenvalue weighted by Crippen LogP contribution is 2.35. The van der Waals surface area contributed by atoms with Gasteiger partial charge in [-0.05, 0) is 46.6 Å². The van der Waals surface area contributed by atoms with Crippen LogP contribution < -0.4 is 10.6 Å². The van der Waals surface area contributed by atoms with Crippen molar-refractivity contribution in [2.24, 2.45) is 5.92 Å². The van der Waals surface area contributed by atoms with Crippen LogP contribution in [0.5, 0.6) is 0 Å². The van der Waals surface area contributed by atoms with Gasteiger partial charge in [-0.2, -0.15) is 0 Å². The molecule has 0 spiro atoms. The normalized spacial score (nSPS) is 17.4. The number of nitrogens with one attached hydrogen (secondary N) is 4. The smallest absolute Gasteiger partial charge is 0.407 e. The molecule has 0 radical (unpaired) electrons. The molecule has 2 aliphatic rings. The largest absolute Gasteiger partial charge is 0.453 e. The second-order valence-electron chi connectivity index (χ2n) is 14.4. The van der Waals surface area contributed by atoms with E-state index in [-0.39, 0.29) is 23.8 Å². The van der Waals surface area contributed by atoms with E-state index < -0.39 is 30.3 Å². The van der Waals surface area contributed by atoms with Crippen molar-refractivity contribution in [1.82, 2.24) is 40.4 Å². The number of likely N-dealkylation sites (tertiary alicyclic amines) is 1. The van der Waals surface area contributed by atoms with Crippen molar-refractivity contribution in [2.45, 2.75) is 50.9 Å². The van der Waals surface area contributed by atoms with Crippen molar-refractivity contribution in [3.63, 3.8) is 0 Å². The first-order chi connectivity index (χ1) is 27.6. The third-order valence-corrected chi connectivity index (χ3v) is 10.5. The van der Waals surface area contributed by atoms with Crippen molar-refractivity contribution in [3.05, 3.63) is 121 Å². The standard InChI is InChI=1S/C43H46N8O6/c1-26(2)36(48-42(54)56-3)40(52)50-22-8-12-34(50)38-44-24-32(46-38)29-18-14-27(15-19-29)28-16-20-30(21-17-28)33-25-45-39(47-33)35-13-9-23-51(35)41(53)37(49-43(55)57-4)31-10-6-5-7-11-31/h5-8,10-12,14-21,24-26,34-37H,9,13,22-23H2,1-4H3,(H,44,46)(H,45,47)(H,48,54)(H,49,55)/t34?,35-,36-,37?/m0/s1. The monoisotopic (exact) mass is 770 g/mol. The van der Waals surface area contributed by atoms with E-state index in [0.717, 1.165) is 46.5 Å². The zero-order valence-electron chi connectivity index (χ0n) is 32.3. The van der Waals surface area contributed by atoms with Crippen LogP contribution in [0.15, 0.2) is 103 Å². The van der Waals surface area contributed by atoms with E-state index in [2.05, 4.69) is 49.9 Å². The van der Waals surface area contributed by atoms with E-state index in [0.29, 0.717) is 30.3 Å².